The molecule has 0 spiro atoms. The van der Waals surface area contributed by atoms with Gasteiger partial charge in [-0.2, -0.15) is 0 Å². The summed E-state index contributed by atoms with van der Waals surface area (Å²) in [6, 6.07) is 10.2. The number of hydrogen-bond acceptors (Lipinski definition) is 1. The van der Waals surface area contributed by atoms with Crippen LogP contribution < -0.4 is 5.32 Å². The molecule has 0 aliphatic heterocycles. The third-order valence-corrected chi connectivity index (χ3v) is 4.53. The fourth-order valence-electron chi connectivity index (χ4n) is 3.37. The highest BCUT2D eigenvalue weighted by Gasteiger charge is 2.28. The van der Waals surface area contributed by atoms with Crippen LogP contribution in [0.25, 0.3) is 0 Å². The first-order valence-electron chi connectivity index (χ1n) is 7.83. The van der Waals surface area contributed by atoms with Gasteiger partial charge in [0.15, 0.2) is 0 Å². The molecule has 2 atom stereocenters. The van der Waals surface area contributed by atoms with E-state index < -0.39 is 0 Å². The molecule has 1 N–H and O–H groups in total. The maximum Gasteiger partial charge on any atom is 0.0320 e. The SMILES string of the molecule is CCC(NC1CCCC(C)(C)C1)c1ccc(C)cc1. The van der Waals surface area contributed by atoms with Crippen LogP contribution in [-0.4, -0.2) is 6.04 Å². The van der Waals surface area contributed by atoms with Crippen molar-refractivity contribution in [2.24, 2.45) is 5.41 Å². The molecule has 1 heteroatoms. The average Bonchev–Trinajstić information content (AvgIpc) is 2.36. The summed E-state index contributed by atoms with van der Waals surface area (Å²) in [4.78, 5) is 0. The van der Waals surface area contributed by atoms with Crippen LogP contribution in [0.15, 0.2) is 24.3 Å². The fraction of sp³-hybridized carbons (Fsp3) is 0.667. The standard InChI is InChI=1S/C18H29N/c1-5-17(15-10-8-14(2)9-11-15)19-16-7-6-12-18(3,4)13-16/h8-11,16-17,19H,5-7,12-13H2,1-4H3. The highest BCUT2D eigenvalue weighted by Crippen LogP contribution is 2.36. The largest absolute Gasteiger partial charge is 0.307 e. The second-order valence-corrected chi connectivity index (χ2v) is 7.00. The Balaban J connectivity index is 2.01. The van der Waals surface area contributed by atoms with E-state index in [9.17, 15) is 0 Å². The zero-order valence-electron chi connectivity index (χ0n) is 13.0. The van der Waals surface area contributed by atoms with Crippen molar-refractivity contribution in [2.75, 3.05) is 0 Å². The zero-order chi connectivity index (χ0) is 13.9. The monoisotopic (exact) mass is 259 g/mol. The molecule has 0 heterocycles. The Morgan fingerprint density at radius 3 is 2.53 bits per heavy atom. The quantitative estimate of drug-likeness (QED) is 0.802. The van der Waals surface area contributed by atoms with Crippen LogP contribution in [0.3, 0.4) is 0 Å². The van der Waals surface area contributed by atoms with Crippen LogP contribution in [0.4, 0.5) is 0 Å². The minimum absolute atomic E-state index is 0.513. The molecule has 0 bridgehead atoms. The van der Waals surface area contributed by atoms with Gasteiger partial charge in [0.25, 0.3) is 0 Å². The molecule has 106 valence electrons. The van der Waals surface area contributed by atoms with E-state index in [1.165, 1.54) is 43.2 Å². The summed E-state index contributed by atoms with van der Waals surface area (Å²) in [6.07, 6.45) is 6.57. The van der Waals surface area contributed by atoms with Crippen molar-refractivity contribution in [3.05, 3.63) is 35.4 Å². The van der Waals surface area contributed by atoms with E-state index in [1.807, 2.05) is 0 Å². The summed E-state index contributed by atoms with van der Waals surface area (Å²) in [5.41, 5.74) is 3.30. The van der Waals surface area contributed by atoms with Gasteiger partial charge in [-0.1, -0.05) is 57.0 Å². The highest BCUT2D eigenvalue weighted by atomic mass is 15.0. The van der Waals surface area contributed by atoms with Gasteiger partial charge in [0.1, 0.15) is 0 Å². The molecule has 1 fully saturated rings. The molecule has 1 nitrogen and oxygen atoms in total. The van der Waals surface area contributed by atoms with Crippen molar-refractivity contribution >= 4 is 0 Å². The molecule has 19 heavy (non-hydrogen) atoms. The van der Waals surface area contributed by atoms with E-state index in [0.717, 1.165) is 0 Å². The Hall–Kier alpha value is -0.820. The zero-order valence-corrected chi connectivity index (χ0v) is 13.0. The Kier molecular flexibility index (Phi) is 4.67. The molecule has 2 unspecified atom stereocenters. The number of nitrogens with one attached hydrogen (secondary N) is 1. The number of hydrogen-bond donors (Lipinski definition) is 1. The third kappa shape index (κ3) is 4.07. The van der Waals surface area contributed by atoms with Crippen molar-refractivity contribution in [2.45, 2.75) is 71.9 Å². The predicted octanol–water partition coefficient (Wildman–Crippen LogP) is 5.00. The smallest absolute Gasteiger partial charge is 0.0320 e. The summed E-state index contributed by atoms with van der Waals surface area (Å²) in [6.45, 7) is 9.26. The molecule has 1 aromatic rings. The van der Waals surface area contributed by atoms with Gasteiger partial charge in [0.05, 0.1) is 0 Å². The minimum Gasteiger partial charge on any atom is -0.307 e. The van der Waals surface area contributed by atoms with Gasteiger partial charge in [-0.3, -0.25) is 0 Å². The van der Waals surface area contributed by atoms with Gasteiger partial charge >= 0.3 is 0 Å². The third-order valence-electron chi connectivity index (χ3n) is 4.53. The maximum atomic E-state index is 3.90. The van der Waals surface area contributed by atoms with Gasteiger partial charge in [0.2, 0.25) is 0 Å². The summed E-state index contributed by atoms with van der Waals surface area (Å²) in [5, 5.41) is 3.90. The predicted molar refractivity (Wildman–Crippen MR) is 83.4 cm³/mol. The lowest BCUT2D eigenvalue weighted by atomic mass is 9.75. The van der Waals surface area contributed by atoms with Gasteiger partial charge in [-0.25, -0.2) is 0 Å². The molecule has 1 saturated carbocycles. The van der Waals surface area contributed by atoms with Crippen LogP contribution in [0.2, 0.25) is 0 Å². The van der Waals surface area contributed by atoms with E-state index in [0.29, 0.717) is 17.5 Å². The summed E-state index contributed by atoms with van der Waals surface area (Å²) < 4.78 is 0. The Morgan fingerprint density at radius 2 is 1.95 bits per heavy atom. The lowest BCUT2D eigenvalue weighted by molar-refractivity contribution is 0.188. The lowest BCUT2D eigenvalue weighted by Crippen LogP contribution is -2.39. The Morgan fingerprint density at radius 1 is 1.26 bits per heavy atom. The number of aryl methyl sites for hydroxylation is 1. The Bertz CT molecular complexity index is 391. The van der Waals surface area contributed by atoms with Gasteiger partial charge in [0, 0.05) is 12.1 Å². The highest BCUT2D eigenvalue weighted by molar-refractivity contribution is 5.24. The van der Waals surface area contributed by atoms with Crippen molar-refractivity contribution < 1.29 is 0 Å². The van der Waals surface area contributed by atoms with Gasteiger partial charge < -0.3 is 5.32 Å². The van der Waals surface area contributed by atoms with Crippen molar-refractivity contribution in [1.29, 1.82) is 0 Å². The normalized spacial score (nSPS) is 24.1. The summed E-state index contributed by atoms with van der Waals surface area (Å²) >= 11 is 0. The Labute approximate surface area is 118 Å². The van der Waals surface area contributed by atoms with Gasteiger partial charge in [-0.05, 0) is 43.6 Å². The summed E-state index contributed by atoms with van der Waals surface area (Å²) in [7, 11) is 0. The van der Waals surface area contributed by atoms with E-state index in [4.69, 9.17) is 0 Å². The molecule has 0 radical (unpaired) electrons. The first kappa shape index (κ1) is 14.6. The van der Waals surface area contributed by atoms with Crippen LogP contribution >= 0.6 is 0 Å². The molecule has 0 aromatic heterocycles. The maximum absolute atomic E-state index is 3.90. The average molecular weight is 259 g/mol. The topological polar surface area (TPSA) is 12.0 Å². The molecular weight excluding hydrogens is 230 g/mol. The number of rotatable bonds is 4. The molecule has 1 aliphatic rings. The summed E-state index contributed by atoms with van der Waals surface area (Å²) in [5.74, 6) is 0. The molecular formula is C18H29N. The van der Waals surface area contributed by atoms with Crippen molar-refractivity contribution in [3.63, 3.8) is 0 Å². The first-order valence-corrected chi connectivity index (χ1v) is 7.83. The fourth-order valence-corrected chi connectivity index (χ4v) is 3.37. The van der Waals surface area contributed by atoms with Crippen molar-refractivity contribution in [1.82, 2.24) is 5.32 Å². The molecule has 0 saturated heterocycles. The lowest BCUT2D eigenvalue weighted by Gasteiger charge is -2.37. The van der Waals surface area contributed by atoms with Crippen LogP contribution in [0.5, 0.6) is 0 Å². The second-order valence-electron chi connectivity index (χ2n) is 7.00. The second kappa shape index (κ2) is 6.09. The van der Waals surface area contributed by atoms with E-state index in [-0.39, 0.29) is 0 Å². The number of benzene rings is 1. The van der Waals surface area contributed by atoms with E-state index >= 15 is 0 Å². The molecule has 2 rings (SSSR count). The van der Waals surface area contributed by atoms with E-state index in [1.54, 1.807) is 0 Å². The first-order chi connectivity index (χ1) is 9.00. The minimum atomic E-state index is 0.513. The molecule has 1 aromatic carbocycles. The van der Waals surface area contributed by atoms with Crippen LogP contribution in [0.1, 0.15) is 70.0 Å². The van der Waals surface area contributed by atoms with Crippen LogP contribution in [0, 0.1) is 12.3 Å². The van der Waals surface area contributed by atoms with Crippen LogP contribution in [-0.2, 0) is 0 Å². The van der Waals surface area contributed by atoms with Crippen molar-refractivity contribution in [3.8, 4) is 0 Å². The molecule has 1 aliphatic carbocycles. The molecule has 0 amide bonds. The van der Waals surface area contributed by atoms with E-state index in [2.05, 4.69) is 57.3 Å². The van der Waals surface area contributed by atoms with Gasteiger partial charge in [-0.15, -0.1) is 0 Å².